The summed E-state index contributed by atoms with van der Waals surface area (Å²) in [5.74, 6) is -0.0360. The van der Waals surface area contributed by atoms with E-state index < -0.39 is 11.1 Å². The Morgan fingerprint density at radius 1 is 1.06 bits per heavy atom. The fourth-order valence-corrected chi connectivity index (χ4v) is 4.84. The Kier molecular flexibility index (Phi) is 8.51. The Labute approximate surface area is 226 Å². The number of nitrogens with zero attached hydrogens (tertiary/aromatic N) is 1. The van der Waals surface area contributed by atoms with Gasteiger partial charge in [-0.1, -0.05) is 70.0 Å². The Morgan fingerprint density at radius 3 is 2.47 bits per heavy atom. The molecule has 0 aliphatic carbocycles. The van der Waals surface area contributed by atoms with Gasteiger partial charge in [-0.3, -0.25) is 19.3 Å². The number of ketones is 1. The van der Waals surface area contributed by atoms with Crippen LogP contribution in [-0.2, 0) is 11.4 Å². The molecule has 1 aliphatic heterocycles. The second-order valence-electron chi connectivity index (χ2n) is 7.74. The molecule has 1 saturated heterocycles. The zero-order valence-electron chi connectivity index (χ0n) is 19.2. The molecule has 6 nitrogen and oxygen atoms in total. The van der Waals surface area contributed by atoms with Gasteiger partial charge in [0.15, 0.2) is 17.3 Å². The maximum Gasteiger partial charge on any atom is 0.293 e. The van der Waals surface area contributed by atoms with Gasteiger partial charge in [0.25, 0.3) is 11.1 Å². The number of hydrogen-bond acceptors (Lipinski definition) is 6. The van der Waals surface area contributed by atoms with Gasteiger partial charge in [0.1, 0.15) is 6.61 Å². The maximum atomic E-state index is 12.9. The van der Waals surface area contributed by atoms with E-state index in [1.165, 1.54) is 0 Å². The van der Waals surface area contributed by atoms with Gasteiger partial charge in [0.2, 0.25) is 0 Å². The maximum absolute atomic E-state index is 12.9. The summed E-state index contributed by atoms with van der Waals surface area (Å²) in [4.78, 5) is 39.2. The minimum atomic E-state index is -0.533. The van der Waals surface area contributed by atoms with Crippen LogP contribution in [0.5, 0.6) is 11.5 Å². The summed E-state index contributed by atoms with van der Waals surface area (Å²) in [5.41, 5.74) is 1.96. The van der Waals surface area contributed by atoms with Gasteiger partial charge in [0, 0.05) is 10.0 Å². The van der Waals surface area contributed by atoms with E-state index in [0.717, 1.165) is 26.7 Å². The number of carbonyl (C=O) groups excluding carboxylic acids is 3. The van der Waals surface area contributed by atoms with Gasteiger partial charge in [0.05, 0.1) is 23.1 Å². The summed E-state index contributed by atoms with van der Waals surface area (Å²) in [5, 5.41) is -0.191. The lowest BCUT2D eigenvalue weighted by molar-refractivity contribution is -0.122. The molecule has 1 heterocycles. The van der Waals surface area contributed by atoms with Crippen molar-refractivity contribution in [3.8, 4) is 11.5 Å². The first-order valence-corrected chi connectivity index (χ1v) is 13.0. The lowest BCUT2D eigenvalue weighted by atomic mass is 10.1. The number of thioether (sulfide) groups is 1. The predicted molar refractivity (Wildman–Crippen MR) is 145 cm³/mol. The topological polar surface area (TPSA) is 72.9 Å². The number of rotatable bonds is 9. The number of Topliss-reactive ketones (excluding diaryl/α,β-unsaturated/α-hetero) is 1. The van der Waals surface area contributed by atoms with Crippen molar-refractivity contribution in [2.24, 2.45) is 0 Å². The highest BCUT2D eigenvalue weighted by Crippen LogP contribution is 2.39. The third-order valence-corrected chi connectivity index (χ3v) is 6.91. The standard InChI is InChI=1S/C27H21BrClNO5S/c1-2-34-23-13-18(12-21(29)25(23)35-16-17-6-4-3-5-7-17)14-24-26(32)30(27(33)36-24)15-22(31)19-8-10-20(28)11-9-19/h3-14H,2,15-16H2,1H3/b24-14-. The number of hydrogen-bond donors (Lipinski definition) is 0. The van der Waals surface area contributed by atoms with Gasteiger partial charge < -0.3 is 9.47 Å². The molecule has 36 heavy (non-hydrogen) atoms. The van der Waals surface area contributed by atoms with Crippen LogP contribution in [0.3, 0.4) is 0 Å². The number of halogens is 2. The summed E-state index contributed by atoms with van der Waals surface area (Å²) < 4.78 is 12.5. The number of ether oxygens (including phenoxy) is 2. The lowest BCUT2D eigenvalue weighted by Gasteiger charge is -2.15. The number of benzene rings is 3. The highest BCUT2D eigenvalue weighted by Gasteiger charge is 2.36. The highest BCUT2D eigenvalue weighted by molar-refractivity contribution is 9.10. The molecule has 3 aromatic carbocycles. The van der Waals surface area contributed by atoms with E-state index in [2.05, 4.69) is 15.9 Å². The van der Waals surface area contributed by atoms with Crippen LogP contribution in [0.25, 0.3) is 6.08 Å². The first-order chi connectivity index (χ1) is 17.4. The molecule has 0 radical (unpaired) electrons. The predicted octanol–water partition coefficient (Wildman–Crippen LogP) is 7.00. The van der Waals surface area contributed by atoms with Gasteiger partial charge in [-0.25, -0.2) is 0 Å². The molecule has 4 rings (SSSR count). The van der Waals surface area contributed by atoms with Crippen LogP contribution in [0.1, 0.15) is 28.4 Å². The van der Waals surface area contributed by atoms with Crippen molar-refractivity contribution in [1.29, 1.82) is 0 Å². The summed E-state index contributed by atoms with van der Waals surface area (Å²) in [6.07, 6.45) is 1.56. The quantitative estimate of drug-likeness (QED) is 0.199. The monoisotopic (exact) mass is 585 g/mol. The summed E-state index contributed by atoms with van der Waals surface area (Å²) in [6, 6.07) is 19.7. The first kappa shape index (κ1) is 26.0. The van der Waals surface area contributed by atoms with Crippen LogP contribution in [0.15, 0.2) is 76.1 Å². The van der Waals surface area contributed by atoms with Crippen molar-refractivity contribution in [2.75, 3.05) is 13.2 Å². The van der Waals surface area contributed by atoms with Gasteiger partial charge in [-0.15, -0.1) is 0 Å². The molecule has 1 fully saturated rings. The third-order valence-electron chi connectivity index (χ3n) is 5.20. The van der Waals surface area contributed by atoms with Crippen LogP contribution >= 0.6 is 39.3 Å². The number of amides is 2. The molecule has 1 aliphatic rings. The van der Waals surface area contributed by atoms with Crippen molar-refractivity contribution in [3.63, 3.8) is 0 Å². The molecular weight excluding hydrogens is 566 g/mol. The molecule has 9 heteroatoms. The van der Waals surface area contributed by atoms with Gasteiger partial charge in [-0.05, 0) is 60.2 Å². The zero-order chi connectivity index (χ0) is 25.7. The molecule has 0 aromatic heterocycles. The molecule has 0 bridgehead atoms. The highest BCUT2D eigenvalue weighted by atomic mass is 79.9. The van der Waals surface area contributed by atoms with Crippen LogP contribution in [0.2, 0.25) is 5.02 Å². The SMILES string of the molecule is CCOc1cc(/C=C2\SC(=O)N(CC(=O)c3ccc(Br)cc3)C2=O)cc(Cl)c1OCc1ccccc1. The van der Waals surface area contributed by atoms with Crippen LogP contribution < -0.4 is 9.47 Å². The van der Waals surface area contributed by atoms with E-state index in [1.54, 1.807) is 42.5 Å². The molecule has 0 unspecified atom stereocenters. The van der Waals surface area contributed by atoms with E-state index in [4.69, 9.17) is 21.1 Å². The fraction of sp³-hybridized carbons (Fsp3) is 0.148. The summed E-state index contributed by atoms with van der Waals surface area (Å²) in [6.45, 7) is 2.21. The molecule has 0 N–H and O–H groups in total. The Balaban J connectivity index is 1.53. The van der Waals surface area contributed by atoms with Gasteiger partial charge in [-0.2, -0.15) is 0 Å². The number of carbonyl (C=O) groups is 3. The Morgan fingerprint density at radius 2 is 1.78 bits per heavy atom. The van der Waals surface area contributed by atoms with Crippen molar-refractivity contribution in [3.05, 3.63) is 97.8 Å². The van der Waals surface area contributed by atoms with Crippen molar-refractivity contribution < 1.29 is 23.9 Å². The second-order valence-corrected chi connectivity index (χ2v) is 10.1. The fourth-order valence-electron chi connectivity index (χ4n) is 3.46. The molecule has 0 spiro atoms. The van der Waals surface area contributed by atoms with Crippen LogP contribution in [0.4, 0.5) is 4.79 Å². The van der Waals surface area contributed by atoms with Crippen molar-refractivity contribution >= 4 is 62.3 Å². The normalized spacial score (nSPS) is 14.4. The zero-order valence-corrected chi connectivity index (χ0v) is 22.4. The number of imide groups is 1. The first-order valence-electron chi connectivity index (χ1n) is 11.0. The molecule has 3 aromatic rings. The van der Waals surface area contributed by atoms with E-state index in [0.29, 0.717) is 40.9 Å². The van der Waals surface area contributed by atoms with E-state index in [9.17, 15) is 14.4 Å². The average Bonchev–Trinajstić information content (AvgIpc) is 3.12. The van der Waals surface area contributed by atoms with Gasteiger partial charge >= 0.3 is 0 Å². The molecule has 0 atom stereocenters. The second kappa shape index (κ2) is 11.8. The largest absolute Gasteiger partial charge is 0.490 e. The lowest BCUT2D eigenvalue weighted by Crippen LogP contribution is -2.33. The minimum Gasteiger partial charge on any atom is -0.490 e. The third kappa shape index (κ3) is 6.19. The van der Waals surface area contributed by atoms with E-state index >= 15 is 0 Å². The van der Waals surface area contributed by atoms with Crippen LogP contribution in [0, 0.1) is 0 Å². The summed E-state index contributed by atoms with van der Waals surface area (Å²) in [7, 11) is 0. The van der Waals surface area contributed by atoms with E-state index in [1.807, 2.05) is 37.3 Å². The molecule has 0 saturated carbocycles. The Bertz CT molecular complexity index is 1330. The molecule has 184 valence electrons. The van der Waals surface area contributed by atoms with Crippen molar-refractivity contribution in [2.45, 2.75) is 13.5 Å². The minimum absolute atomic E-state index is 0.195. The van der Waals surface area contributed by atoms with Crippen LogP contribution in [-0.4, -0.2) is 35.0 Å². The van der Waals surface area contributed by atoms with E-state index in [-0.39, 0.29) is 17.2 Å². The van der Waals surface area contributed by atoms with Crippen molar-refractivity contribution in [1.82, 2.24) is 4.90 Å². The Hall–Kier alpha value is -3.07. The smallest absolute Gasteiger partial charge is 0.293 e. The molecular formula is C27H21BrClNO5S. The molecule has 2 amide bonds. The summed E-state index contributed by atoms with van der Waals surface area (Å²) >= 11 is 10.6. The average molecular weight is 587 g/mol.